The van der Waals surface area contributed by atoms with E-state index in [0.717, 1.165) is 0 Å². The maximum atomic E-state index is 11.4. The molecule has 1 aromatic heterocycles. The van der Waals surface area contributed by atoms with Crippen molar-refractivity contribution >= 4 is 12.0 Å². The van der Waals surface area contributed by atoms with E-state index in [9.17, 15) is 9.59 Å². The number of hydrogen-bond acceptors (Lipinski definition) is 3. The van der Waals surface area contributed by atoms with E-state index in [1.165, 1.54) is 15.8 Å². The molecule has 7 heteroatoms. The molecule has 0 spiro atoms. The summed E-state index contributed by atoms with van der Waals surface area (Å²) in [4.78, 5) is 23.9. The number of nitrogens with zero attached hydrogens (tertiary/aromatic N) is 3. The van der Waals surface area contributed by atoms with Gasteiger partial charge in [0.2, 0.25) is 0 Å². The van der Waals surface area contributed by atoms with E-state index < -0.39 is 12.0 Å². The summed E-state index contributed by atoms with van der Waals surface area (Å²) < 4.78 is 1.51. The number of aryl methyl sites for hydroxylation is 1. The van der Waals surface area contributed by atoms with Crippen molar-refractivity contribution in [3.8, 4) is 0 Å². The topological polar surface area (TPSA) is 87.5 Å². The minimum absolute atomic E-state index is 0.351. The van der Waals surface area contributed by atoms with Gasteiger partial charge in [-0.05, 0) is 0 Å². The summed E-state index contributed by atoms with van der Waals surface area (Å²) in [6.07, 6.45) is 3.06. The van der Waals surface area contributed by atoms with Gasteiger partial charge in [0, 0.05) is 31.9 Å². The van der Waals surface area contributed by atoms with E-state index >= 15 is 0 Å². The van der Waals surface area contributed by atoms with Gasteiger partial charge >= 0.3 is 12.0 Å². The van der Waals surface area contributed by atoms with E-state index in [0.29, 0.717) is 18.7 Å². The highest BCUT2D eigenvalue weighted by molar-refractivity contribution is 5.84. The molecule has 0 aromatic carbocycles. The predicted octanol–water partition coefficient (Wildman–Crippen LogP) is -0.429. The summed E-state index contributed by atoms with van der Waals surface area (Å²) >= 11 is 0. The van der Waals surface area contributed by atoms with E-state index in [1.807, 2.05) is 0 Å². The summed E-state index contributed by atoms with van der Waals surface area (Å²) in [5.74, 6) is -1.05. The molecular weight excluding hydrogens is 212 g/mol. The molecule has 0 saturated carbocycles. The minimum atomic E-state index is -1.05. The van der Waals surface area contributed by atoms with Crippen LogP contribution in [0.3, 0.4) is 0 Å². The molecule has 1 aliphatic rings. The van der Waals surface area contributed by atoms with Crippen LogP contribution in [0.15, 0.2) is 12.4 Å². The molecule has 1 aromatic rings. The number of urea groups is 1. The molecule has 16 heavy (non-hydrogen) atoms. The number of carbonyl (C=O) groups excluding carboxylic acids is 1. The van der Waals surface area contributed by atoms with Gasteiger partial charge in [0.1, 0.15) is 0 Å². The van der Waals surface area contributed by atoms with Gasteiger partial charge in [-0.3, -0.25) is 4.68 Å². The number of carboxylic acids is 1. The van der Waals surface area contributed by atoms with Crippen molar-refractivity contribution in [1.29, 1.82) is 0 Å². The fraction of sp³-hybridized carbons (Fsp3) is 0.444. The first kappa shape index (κ1) is 10.5. The van der Waals surface area contributed by atoms with Crippen LogP contribution >= 0.6 is 0 Å². The Morgan fingerprint density at radius 1 is 1.69 bits per heavy atom. The molecule has 1 saturated heterocycles. The second kappa shape index (κ2) is 3.84. The van der Waals surface area contributed by atoms with Crippen molar-refractivity contribution in [3.63, 3.8) is 0 Å². The Bertz CT molecular complexity index is 428. The summed E-state index contributed by atoms with van der Waals surface area (Å²) in [5.41, 5.74) is 0.507. The van der Waals surface area contributed by atoms with Gasteiger partial charge in [-0.2, -0.15) is 5.10 Å². The molecule has 2 N–H and O–H groups in total. The lowest BCUT2D eigenvalue weighted by Crippen LogP contribution is -2.36. The molecule has 1 fully saturated rings. The van der Waals surface area contributed by atoms with E-state index in [4.69, 9.17) is 5.11 Å². The first-order chi connectivity index (χ1) is 7.59. The molecule has 1 atom stereocenters. The zero-order valence-corrected chi connectivity index (χ0v) is 8.75. The minimum Gasteiger partial charge on any atom is -0.479 e. The average molecular weight is 224 g/mol. The first-order valence-corrected chi connectivity index (χ1v) is 4.85. The molecular formula is C9H12N4O3. The number of aliphatic carboxylic acids is 1. The van der Waals surface area contributed by atoms with Gasteiger partial charge in [0.15, 0.2) is 6.04 Å². The van der Waals surface area contributed by atoms with Gasteiger partial charge in [0.05, 0.1) is 6.20 Å². The maximum absolute atomic E-state index is 11.4. The van der Waals surface area contributed by atoms with Crippen molar-refractivity contribution in [2.45, 2.75) is 6.04 Å². The molecule has 86 valence electrons. The quantitative estimate of drug-likeness (QED) is 0.729. The van der Waals surface area contributed by atoms with Gasteiger partial charge in [-0.15, -0.1) is 0 Å². The van der Waals surface area contributed by atoms with Crippen molar-refractivity contribution in [1.82, 2.24) is 20.0 Å². The lowest BCUT2D eigenvalue weighted by Gasteiger charge is -2.21. The van der Waals surface area contributed by atoms with Gasteiger partial charge in [0.25, 0.3) is 0 Å². The highest BCUT2D eigenvalue weighted by Crippen LogP contribution is 2.21. The smallest absolute Gasteiger partial charge is 0.331 e. The molecule has 0 bridgehead atoms. The molecule has 2 rings (SSSR count). The van der Waals surface area contributed by atoms with Crippen LogP contribution in [0.5, 0.6) is 0 Å². The third kappa shape index (κ3) is 1.71. The SMILES string of the molecule is Cn1cc(C(C(=O)O)N2CCNC2=O)cn1. The zero-order valence-electron chi connectivity index (χ0n) is 8.75. The Morgan fingerprint density at radius 2 is 2.44 bits per heavy atom. The monoisotopic (exact) mass is 224 g/mol. The molecule has 0 radical (unpaired) electrons. The summed E-state index contributed by atoms with van der Waals surface area (Å²) in [6, 6.07) is -1.31. The van der Waals surface area contributed by atoms with Crippen LogP contribution in [0.4, 0.5) is 4.79 Å². The third-order valence-electron chi connectivity index (χ3n) is 2.48. The van der Waals surface area contributed by atoms with Gasteiger partial charge < -0.3 is 15.3 Å². The van der Waals surface area contributed by atoms with E-state index in [1.54, 1.807) is 13.2 Å². The summed E-state index contributed by atoms with van der Waals surface area (Å²) in [7, 11) is 1.70. The molecule has 1 aliphatic heterocycles. The fourth-order valence-corrected chi connectivity index (χ4v) is 1.77. The number of aromatic nitrogens is 2. The van der Waals surface area contributed by atoms with Crippen LogP contribution in [0.25, 0.3) is 0 Å². The van der Waals surface area contributed by atoms with Crippen molar-refractivity contribution in [2.24, 2.45) is 7.05 Å². The number of hydrogen-bond donors (Lipinski definition) is 2. The molecule has 2 amide bonds. The summed E-state index contributed by atoms with van der Waals surface area (Å²) in [5, 5.41) is 15.6. The summed E-state index contributed by atoms with van der Waals surface area (Å²) in [6.45, 7) is 0.869. The van der Waals surface area contributed by atoms with Crippen LogP contribution in [0.2, 0.25) is 0 Å². The Morgan fingerprint density at radius 3 is 2.88 bits per heavy atom. The second-order valence-corrected chi connectivity index (χ2v) is 3.61. The largest absolute Gasteiger partial charge is 0.479 e. The average Bonchev–Trinajstić information content (AvgIpc) is 2.78. The lowest BCUT2D eigenvalue weighted by molar-refractivity contribution is -0.142. The van der Waals surface area contributed by atoms with Gasteiger partial charge in [-0.25, -0.2) is 9.59 Å². The molecule has 0 aliphatic carbocycles. The molecule has 7 nitrogen and oxygen atoms in total. The Balaban J connectivity index is 2.30. The van der Waals surface area contributed by atoms with Crippen LogP contribution < -0.4 is 5.32 Å². The number of carbonyl (C=O) groups is 2. The first-order valence-electron chi connectivity index (χ1n) is 4.85. The number of amides is 2. The van der Waals surface area contributed by atoms with Crippen molar-refractivity contribution < 1.29 is 14.7 Å². The van der Waals surface area contributed by atoms with Crippen LogP contribution in [-0.4, -0.2) is 44.9 Å². The van der Waals surface area contributed by atoms with E-state index in [2.05, 4.69) is 10.4 Å². The van der Waals surface area contributed by atoms with Crippen molar-refractivity contribution in [3.05, 3.63) is 18.0 Å². The Kier molecular flexibility index (Phi) is 2.51. The number of carboxylic acid groups (broad SMARTS) is 1. The van der Waals surface area contributed by atoms with Crippen molar-refractivity contribution in [2.75, 3.05) is 13.1 Å². The maximum Gasteiger partial charge on any atom is 0.331 e. The third-order valence-corrected chi connectivity index (χ3v) is 2.48. The molecule has 1 unspecified atom stereocenters. The van der Waals surface area contributed by atoms with Gasteiger partial charge in [-0.1, -0.05) is 0 Å². The highest BCUT2D eigenvalue weighted by Gasteiger charge is 2.34. The second-order valence-electron chi connectivity index (χ2n) is 3.61. The highest BCUT2D eigenvalue weighted by atomic mass is 16.4. The Labute approximate surface area is 91.6 Å². The standard InChI is InChI=1S/C9H12N4O3/c1-12-5-6(4-11-12)7(8(14)15)13-3-2-10-9(13)16/h4-5,7H,2-3H2,1H3,(H,10,16)(H,14,15). The van der Waals surface area contributed by atoms with E-state index in [-0.39, 0.29) is 6.03 Å². The lowest BCUT2D eigenvalue weighted by atomic mass is 10.1. The zero-order chi connectivity index (χ0) is 11.7. The Hall–Kier alpha value is -2.05. The fourth-order valence-electron chi connectivity index (χ4n) is 1.77. The number of nitrogens with one attached hydrogen (secondary N) is 1. The van der Waals surface area contributed by atoms with Crippen LogP contribution in [0, 0.1) is 0 Å². The predicted molar refractivity (Wildman–Crippen MR) is 53.7 cm³/mol. The number of rotatable bonds is 3. The normalized spacial score (nSPS) is 17.3. The molecule has 2 heterocycles. The van der Waals surface area contributed by atoms with Crippen LogP contribution in [-0.2, 0) is 11.8 Å². The van der Waals surface area contributed by atoms with Crippen LogP contribution in [0.1, 0.15) is 11.6 Å².